The van der Waals surface area contributed by atoms with Crippen molar-refractivity contribution in [1.82, 2.24) is 0 Å². The lowest BCUT2D eigenvalue weighted by Gasteiger charge is -2.08. The molecule has 1 heteroatoms. The van der Waals surface area contributed by atoms with E-state index in [1.54, 1.807) is 0 Å². The van der Waals surface area contributed by atoms with Crippen molar-refractivity contribution in [2.45, 2.75) is 33.3 Å². The van der Waals surface area contributed by atoms with Crippen LogP contribution in [0.4, 0.5) is 0 Å². The van der Waals surface area contributed by atoms with Gasteiger partial charge in [-0.15, -0.1) is 0 Å². The number of hydrogen-bond acceptors (Lipinski definition) is 1. The molecule has 0 aliphatic heterocycles. The number of rotatable bonds is 2. The third kappa shape index (κ3) is 2.35. The zero-order chi connectivity index (χ0) is 9.14. The molecule has 0 aromatic heterocycles. The minimum absolute atomic E-state index is 0.244. The predicted molar refractivity (Wildman–Crippen MR) is 51.3 cm³/mol. The van der Waals surface area contributed by atoms with Gasteiger partial charge in [0.2, 0.25) is 0 Å². The summed E-state index contributed by atoms with van der Waals surface area (Å²) < 4.78 is 0. The van der Waals surface area contributed by atoms with Crippen LogP contribution in [0.25, 0.3) is 0 Å². The molecule has 1 N–H and O–H groups in total. The average molecular weight is 164 g/mol. The second-order valence-corrected chi connectivity index (χ2v) is 3.48. The van der Waals surface area contributed by atoms with Crippen LogP contribution >= 0.6 is 0 Å². The van der Waals surface area contributed by atoms with Crippen molar-refractivity contribution >= 4 is 0 Å². The van der Waals surface area contributed by atoms with Crippen LogP contribution in [0.5, 0.6) is 0 Å². The van der Waals surface area contributed by atoms with Gasteiger partial charge in [-0.25, -0.2) is 0 Å². The first-order valence-electron chi connectivity index (χ1n) is 4.34. The summed E-state index contributed by atoms with van der Waals surface area (Å²) in [5.74, 6) is 0. The van der Waals surface area contributed by atoms with Crippen molar-refractivity contribution in [3.8, 4) is 0 Å². The van der Waals surface area contributed by atoms with Gasteiger partial charge in [0.05, 0.1) is 6.10 Å². The van der Waals surface area contributed by atoms with Crippen molar-refractivity contribution in [3.05, 3.63) is 34.9 Å². The van der Waals surface area contributed by atoms with Crippen LogP contribution in [-0.2, 0) is 6.42 Å². The van der Waals surface area contributed by atoms with E-state index in [-0.39, 0.29) is 6.10 Å². The maximum absolute atomic E-state index is 9.20. The zero-order valence-electron chi connectivity index (χ0n) is 7.96. The smallest absolute Gasteiger partial charge is 0.0552 e. The quantitative estimate of drug-likeness (QED) is 0.710. The Bertz CT molecular complexity index is 264. The van der Waals surface area contributed by atoms with Gasteiger partial charge in [0.1, 0.15) is 0 Å². The van der Waals surface area contributed by atoms with Crippen molar-refractivity contribution in [2.75, 3.05) is 0 Å². The molecule has 0 aliphatic carbocycles. The van der Waals surface area contributed by atoms with Gasteiger partial charge >= 0.3 is 0 Å². The van der Waals surface area contributed by atoms with Crippen molar-refractivity contribution in [3.63, 3.8) is 0 Å². The summed E-state index contributed by atoms with van der Waals surface area (Å²) in [7, 11) is 0. The highest BCUT2D eigenvalue weighted by molar-refractivity contribution is 5.30. The molecular weight excluding hydrogens is 148 g/mol. The van der Waals surface area contributed by atoms with Gasteiger partial charge in [-0.2, -0.15) is 0 Å². The molecule has 0 fully saturated rings. The topological polar surface area (TPSA) is 20.2 Å². The maximum atomic E-state index is 9.20. The Balaban J connectivity index is 2.86. The van der Waals surface area contributed by atoms with Gasteiger partial charge in [0.15, 0.2) is 0 Å². The first-order valence-corrected chi connectivity index (χ1v) is 4.34. The molecule has 1 aromatic carbocycles. The van der Waals surface area contributed by atoms with Crippen LogP contribution in [0.3, 0.4) is 0 Å². The fourth-order valence-corrected chi connectivity index (χ4v) is 1.39. The SMILES string of the molecule is Cc1ccc(C[C@@H](C)O)c(C)c1. The molecule has 0 radical (unpaired) electrons. The van der Waals surface area contributed by atoms with E-state index in [1.165, 1.54) is 16.7 Å². The number of aliphatic hydroxyl groups is 1. The monoisotopic (exact) mass is 164 g/mol. The summed E-state index contributed by atoms with van der Waals surface area (Å²) in [4.78, 5) is 0. The standard InChI is InChI=1S/C11H16O/c1-8-4-5-11(7-10(3)12)9(2)6-8/h4-6,10,12H,7H2,1-3H3/t10-/m1/s1. The van der Waals surface area contributed by atoms with Crippen LogP contribution in [0.1, 0.15) is 23.6 Å². The average Bonchev–Trinajstić information content (AvgIpc) is 1.94. The molecule has 66 valence electrons. The molecule has 0 saturated heterocycles. The van der Waals surface area contributed by atoms with E-state index < -0.39 is 0 Å². The number of benzene rings is 1. The predicted octanol–water partition coefficient (Wildman–Crippen LogP) is 2.23. The Kier molecular flexibility index (Phi) is 2.88. The van der Waals surface area contributed by atoms with Gasteiger partial charge in [-0.3, -0.25) is 0 Å². The van der Waals surface area contributed by atoms with Crippen LogP contribution in [0.2, 0.25) is 0 Å². The first kappa shape index (κ1) is 9.27. The van der Waals surface area contributed by atoms with Gasteiger partial charge < -0.3 is 5.11 Å². The second-order valence-electron chi connectivity index (χ2n) is 3.48. The largest absolute Gasteiger partial charge is 0.393 e. The molecule has 1 atom stereocenters. The minimum atomic E-state index is -0.244. The Morgan fingerprint density at radius 1 is 1.33 bits per heavy atom. The number of hydrogen-bond donors (Lipinski definition) is 1. The summed E-state index contributed by atoms with van der Waals surface area (Å²) in [5, 5.41) is 9.20. The lowest BCUT2D eigenvalue weighted by atomic mass is 10.0. The molecule has 1 nitrogen and oxygen atoms in total. The molecule has 0 unspecified atom stereocenters. The van der Waals surface area contributed by atoms with E-state index in [9.17, 15) is 5.11 Å². The highest BCUT2D eigenvalue weighted by Crippen LogP contribution is 2.12. The molecule has 0 bridgehead atoms. The Hall–Kier alpha value is -0.820. The third-order valence-electron chi connectivity index (χ3n) is 2.01. The normalized spacial score (nSPS) is 13.0. The summed E-state index contributed by atoms with van der Waals surface area (Å²) >= 11 is 0. The lowest BCUT2D eigenvalue weighted by Crippen LogP contribution is -2.05. The van der Waals surface area contributed by atoms with Crippen LogP contribution in [0.15, 0.2) is 18.2 Å². The Morgan fingerprint density at radius 3 is 2.50 bits per heavy atom. The number of aliphatic hydroxyl groups excluding tert-OH is 1. The fourth-order valence-electron chi connectivity index (χ4n) is 1.39. The second kappa shape index (κ2) is 3.72. The summed E-state index contributed by atoms with van der Waals surface area (Å²) in [6.07, 6.45) is 0.512. The minimum Gasteiger partial charge on any atom is -0.393 e. The molecule has 1 aromatic rings. The summed E-state index contributed by atoms with van der Waals surface area (Å²) in [6, 6.07) is 6.33. The molecular formula is C11H16O. The molecule has 0 heterocycles. The Labute approximate surface area is 74.1 Å². The van der Waals surface area contributed by atoms with Gasteiger partial charge in [0, 0.05) is 0 Å². The van der Waals surface area contributed by atoms with Crippen molar-refractivity contribution in [2.24, 2.45) is 0 Å². The van der Waals surface area contributed by atoms with Gasteiger partial charge in [0.25, 0.3) is 0 Å². The van der Waals surface area contributed by atoms with Crippen LogP contribution < -0.4 is 0 Å². The highest BCUT2D eigenvalue weighted by atomic mass is 16.3. The number of aryl methyl sites for hydroxylation is 2. The molecule has 0 spiro atoms. The van der Waals surface area contributed by atoms with E-state index in [1.807, 2.05) is 6.92 Å². The molecule has 12 heavy (non-hydrogen) atoms. The van der Waals surface area contributed by atoms with Crippen molar-refractivity contribution in [1.29, 1.82) is 0 Å². The summed E-state index contributed by atoms with van der Waals surface area (Å²) in [6.45, 7) is 5.99. The van der Waals surface area contributed by atoms with E-state index in [4.69, 9.17) is 0 Å². The zero-order valence-corrected chi connectivity index (χ0v) is 7.96. The molecule has 0 saturated carbocycles. The van der Waals surface area contributed by atoms with E-state index in [0.29, 0.717) is 0 Å². The third-order valence-corrected chi connectivity index (χ3v) is 2.01. The maximum Gasteiger partial charge on any atom is 0.0552 e. The molecule has 0 aliphatic rings. The summed E-state index contributed by atoms with van der Waals surface area (Å²) in [5.41, 5.74) is 3.80. The van der Waals surface area contributed by atoms with E-state index in [0.717, 1.165) is 6.42 Å². The molecule has 0 amide bonds. The van der Waals surface area contributed by atoms with Crippen molar-refractivity contribution < 1.29 is 5.11 Å². The fraction of sp³-hybridized carbons (Fsp3) is 0.455. The molecule has 1 rings (SSSR count). The van der Waals surface area contributed by atoms with Crippen LogP contribution in [-0.4, -0.2) is 11.2 Å². The lowest BCUT2D eigenvalue weighted by molar-refractivity contribution is 0.195. The van der Waals surface area contributed by atoms with Gasteiger partial charge in [-0.05, 0) is 38.3 Å². The highest BCUT2D eigenvalue weighted by Gasteiger charge is 2.01. The van der Waals surface area contributed by atoms with Gasteiger partial charge in [-0.1, -0.05) is 23.8 Å². The Morgan fingerprint density at radius 2 is 2.00 bits per heavy atom. The van der Waals surface area contributed by atoms with E-state index in [2.05, 4.69) is 32.0 Å². The first-order chi connectivity index (χ1) is 5.59. The van der Waals surface area contributed by atoms with Crippen LogP contribution in [0, 0.1) is 13.8 Å². The van der Waals surface area contributed by atoms with E-state index >= 15 is 0 Å².